The summed E-state index contributed by atoms with van der Waals surface area (Å²) in [5.41, 5.74) is 6.64. The Labute approximate surface area is 133 Å². The zero-order valence-electron chi connectivity index (χ0n) is 12.7. The fourth-order valence-corrected chi connectivity index (χ4v) is 4.61. The maximum absolute atomic E-state index is 11.8. The van der Waals surface area contributed by atoms with Gasteiger partial charge in [0.15, 0.2) is 0 Å². The summed E-state index contributed by atoms with van der Waals surface area (Å²) >= 11 is 2.99. The Morgan fingerprint density at radius 3 is 2.76 bits per heavy atom. The number of anilines is 2. The highest BCUT2D eigenvalue weighted by Gasteiger charge is 2.25. The Morgan fingerprint density at radius 1 is 1.52 bits per heavy atom. The Hall–Kier alpha value is -0.920. The topological polar surface area (TPSA) is 64.8 Å². The van der Waals surface area contributed by atoms with Crippen molar-refractivity contribution in [3.05, 3.63) is 4.88 Å². The van der Waals surface area contributed by atoms with Crippen LogP contribution in [0.3, 0.4) is 0 Å². The molecule has 2 rings (SSSR count). The van der Waals surface area contributed by atoms with Crippen LogP contribution in [0.2, 0.25) is 0 Å². The number of thioether (sulfide) groups is 1. The van der Waals surface area contributed by atoms with Gasteiger partial charge in [-0.1, -0.05) is 0 Å². The van der Waals surface area contributed by atoms with Crippen LogP contribution in [0.5, 0.6) is 0 Å². The number of carbonyl (C=O) groups is 1. The molecule has 0 aliphatic carbocycles. The molecule has 0 bridgehead atoms. The molecule has 1 fully saturated rings. The lowest BCUT2D eigenvalue weighted by Gasteiger charge is -2.28. The zero-order chi connectivity index (χ0) is 15.4. The molecule has 0 atom stereocenters. The summed E-state index contributed by atoms with van der Waals surface area (Å²) in [6.07, 6.45) is 4.15. The highest BCUT2D eigenvalue weighted by Crippen LogP contribution is 2.44. The first-order valence-corrected chi connectivity index (χ1v) is 8.96. The minimum Gasteiger partial charge on any atom is -0.465 e. The van der Waals surface area contributed by atoms with Gasteiger partial charge in [0.1, 0.15) is 9.88 Å². The second-order valence-corrected chi connectivity index (χ2v) is 6.93. The number of hydrogen-bond donors (Lipinski definition) is 1. The van der Waals surface area contributed by atoms with Crippen molar-refractivity contribution in [3.63, 3.8) is 0 Å². The number of nitrogens with two attached hydrogens (primary N) is 1. The van der Waals surface area contributed by atoms with E-state index in [2.05, 4.69) is 11.9 Å². The minimum atomic E-state index is -0.362. The Bertz CT molecular complexity index is 499. The first-order valence-electron chi connectivity index (χ1n) is 6.91. The summed E-state index contributed by atoms with van der Waals surface area (Å²) < 4.78 is 10.2. The first-order chi connectivity index (χ1) is 10.1. The van der Waals surface area contributed by atoms with E-state index in [9.17, 15) is 4.79 Å². The maximum atomic E-state index is 11.8. The smallest absolute Gasteiger partial charge is 0.350 e. The van der Waals surface area contributed by atoms with E-state index in [4.69, 9.17) is 15.2 Å². The van der Waals surface area contributed by atoms with Gasteiger partial charge in [-0.15, -0.1) is 23.1 Å². The van der Waals surface area contributed by atoms with Gasteiger partial charge in [-0.2, -0.15) is 0 Å². The molecule has 0 amide bonds. The number of rotatable bonds is 5. The molecule has 118 valence electrons. The van der Waals surface area contributed by atoms with Gasteiger partial charge < -0.3 is 20.1 Å². The lowest BCUT2D eigenvalue weighted by molar-refractivity contribution is 0.0607. The fourth-order valence-electron chi connectivity index (χ4n) is 2.51. The van der Waals surface area contributed by atoms with Gasteiger partial charge in [0, 0.05) is 26.8 Å². The molecule has 1 aliphatic heterocycles. The molecule has 0 saturated carbocycles. The van der Waals surface area contributed by atoms with Crippen molar-refractivity contribution in [2.75, 3.05) is 50.8 Å². The summed E-state index contributed by atoms with van der Waals surface area (Å²) in [5, 5.41) is 1.05. The van der Waals surface area contributed by atoms with Crippen molar-refractivity contribution in [1.29, 1.82) is 0 Å². The van der Waals surface area contributed by atoms with Gasteiger partial charge in [0.25, 0.3) is 0 Å². The number of ether oxygens (including phenoxy) is 2. The van der Waals surface area contributed by atoms with Crippen LogP contribution in [0.1, 0.15) is 22.5 Å². The van der Waals surface area contributed by atoms with Crippen molar-refractivity contribution in [3.8, 4) is 0 Å². The predicted octanol–water partition coefficient (Wildman–Crippen LogP) is 2.70. The molecule has 0 unspecified atom stereocenters. The summed E-state index contributed by atoms with van der Waals surface area (Å²) in [4.78, 5) is 15.5. The largest absolute Gasteiger partial charge is 0.465 e. The monoisotopic (exact) mass is 330 g/mol. The standard InChI is InChI=1S/C14H22N2O3S2/c1-16(8-9-4-6-19-7-5-9)13-11(20-3)10(15)12(21-13)14(17)18-2/h9H,4-8,15H2,1-3H3. The number of hydrogen-bond acceptors (Lipinski definition) is 7. The normalized spacial score (nSPS) is 16.0. The molecular weight excluding hydrogens is 308 g/mol. The minimum absolute atomic E-state index is 0.362. The lowest BCUT2D eigenvalue weighted by Crippen LogP contribution is -2.29. The van der Waals surface area contributed by atoms with Gasteiger partial charge in [0.2, 0.25) is 0 Å². The highest BCUT2D eigenvalue weighted by molar-refractivity contribution is 7.99. The van der Waals surface area contributed by atoms with Crippen molar-refractivity contribution in [2.24, 2.45) is 5.92 Å². The molecule has 7 heteroatoms. The molecule has 1 aliphatic rings. The summed E-state index contributed by atoms with van der Waals surface area (Å²) in [5.74, 6) is 0.266. The first kappa shape index (κ1) is 16.5. The summed E-state index contributed by atoms with van der Waals surface area (Å²) in [6.45, 7) is 2.64. The molecule has 0 spiro atoms. The summed E-state index contributed by atoms with van der Waals surface area (Å²) in [7, 11) is 3.44. The quantitative estimate of drug-likeness (QED) is 0.661. The Morgan fingerprint density at radius 2 is 2.19 bits per heavy atom. The molecule has 21 heavy (non-hydrogen) atoms. The van der Waals surface area contributed by atoms with Crippen LogP contribution in [0.15, 0.2) is 4.90 Å². The van der Waals surface area contributed by atoms with Gasteiger partial charge in [-0.05, 0) is 25.0 Å². The van der Waals surface area contributed by atoms with Crippen molar-refractivity contribution >= 4 is 39.8 Å². The molecular formula is C14H22N2O3S2. The fraction of sp³-hybridized carbons (Fsp3) is 0.643. The van der Waals surface area contributed by atoms with Crippen molar-refractivity contribution < 1.29 is 14.3 Å². The predicted molar refractivity (Wildman–Crippen MR) is 88.7 cm³/mol. The second-order valence-electron chi connectivity index (χ2n) is 5.11. The number of carbonyl (C=O) groups excluding carboxylic acids is 1. The molecule has 1 aromatic heterocycles. The second kappa shape index (κ2) is 7.38. The molecule has 0 radical (unpaired) electrons. The number of thiophene rings is 1. The van der Waals surface area contributed by atoms with Gasteiger partial charge >= 0.3 is 5.97 Å². The van der Waals surface area contributed by atoms with Crippen LogP contribution in [0, 0.1) is 5.92 Å². The molecule has 0 aromatic carbocycles. The third-order valence-electron chi connectivity index (χ3n) is 3.68. The number of methoxy groups -OCH3 is 1. The van der Waals surface area contributed by atoms with Crippen LogP contribution in [0.25, 0.3) is 0 Å². The van der Waals surface area contributed by atoms with E-state index in [0.29, 0.717) is 16.5 Å². The van der Waals surface area contributed by atoms with Crippen LogP contribution in [-0.2, 0) is 9.47 Å². The third kappa shape index (κ3) is 3.64. The van der Waals surface area contributed by atoms with Crippen LogP contribution < -0.4 is 10.6 Å². The average molecular weight is 330 g/mol. The van der Waals surface area contributed by atoms with Crippen molar-refractivity contribution in [1.82, 2.24) is 0 Å². The number of nitrogen functional groups attached to an aromatic ring is 1. The van der Waals surface area contributed by atoms with Crippen LogP contribution in [0.4, 0.5) is 10.7 Å². The van der Waals surface area contributed by atoms with Crippen LogP contribution >= 0.6 is 23.1 Å². The van der Waals surface area contributed by atoms with E-state index in [1.54, 1.807) is 11.8 Å². The average Bonchev–Trinajstić information content (AvgIpc) is 2.84. The van der Waals surface area contributed by atoms with E-state index in [1.165, 1.54) is 18.4 Å². The Kier molecular flexibility index (Phi) is 5.78. The van der Waals surface area contributed by atoms with Crippen molar-refractivity contribution in [2.45, 2.75) is 17.7 Å². The molecule has 2 N–H and O–H groups in total. The lowest BCUT2D eigenvalue weighted by atomic mass is 10.00. The van der Waals surface area contributed by atoms with Gasteiger partial charge in [-0.3, -0.25) is 0 Å². The highest BCUT2D eigenvalue weighted by atomic mass is 32.2. The van der Waals surface area contributed by atoms with E-state index in [1.807, 2.05) is 6.26 Å². The molecule has 5 nitrogen and oxygen atoms in total. The maximum Gasteiger partial charge on any atom is 0.350 e. The molecule has 2 heterocycles. The number of nitrogens with zero attached hydrogens (tertiary/aromatic N) is 1. The third-order valence-corrected chi connectivity index (χ3v) is 5.93. The zero-order valence-corrected chi connectivity index (χ0v) is 14.3. The van der Waals surface area contributed by atoms with Gasteiger partial charge in [-0.25, -0.2) is 4.79 Å². The molecule has 1 aromatic rings. The molecule has 1 saturated heterocycles. The van der Waals surface area contributed by atoms with Gasteiger partial charge in [0.05, 0.1) is 17.7 Å². The SMILES string of the molecule is COC(=O)c1sc(N(C)CC2CCOCC2)c(SC)c1N. The summed E-state index contributed by atoms with van der Waals surface area (Å²) in [6, 6.07) is 0. The van der Waals surface area contributed by atoms with E-state index >= 15 is 0 Å². The Balaban J connectivity index is 2.19. The number of esters is 1. The van der Waals surface area contributed by atoms with E-state index < -0.39 is 0 Å². The van der Waals surface area contributed by atoms with E-state index in [-0.39, 0.29) is 5.97 Å². The van der Waals surface area contributed by atoms with Crippen LogP contribution in [-0.4, -0.2) is 46.1 Å². The van der Waals surface area contributed by atoms with E-state index in [0.717, 1.165) is 42.5 Å².